The summed E-state index contributed by atoms with van der Waals surface area (Å²) in [7, 11) is 0. The van der Waals surface area contributed by atoms with Crippen LogP contribution in [0.1, 0.15) is 53.4 Å². The van der Waals surface area contributed by atoms with Gasteiger partial charge >= 0.3 is 0 Å². The fraction of sp³-hybridized carbons (Fsp3) is 0.950. The fourth-order valence-corrected chi connectivity index (χ4v) is 4.27. The van der Waals surface area contributed by atoms with Gasteiger partial charge < -0.3 is 9.80 Å². The lowest BCUT2D eigenvalue weighted by Crippen LogP contribution is -2.54. The highest BCUT2D eigenvalue weighted by Crippen LogP contribution is 2.18. The van der Waals surface area contributed by atoms with Crippen molar-refractivity contribution in [3.8, 4) is 0 Å². The minimum atomic E-state index is 0.334. The third-order valence-corrected chi connectivity index (χ3v) is 5.85. The van der Waals surface area contributed by atoms with Gasteiger partial charge in [-0.1, -0.05) is 13.8 Å². The number of nitrogens with zero attached hydrogens (tertiary/aromatic N) is 4. The highest BCUT2D eigenvalue weighted by Gasteiger charge is 2.27. The number of piperazine rings is 1. The third-order valence-electron chi connectivity index (χ3n) is 5.85. The topological polar surface area (TPSA) is 30.0 Å². The molecule has 2 rings (SSSR count). The van der Waals surface area contributed by atoms with Crippen molar-refractivity contribution in [3.05, 3.63) is 0 Å². The van der Waals surface area contributed by atoms with Gasteiger partial charge in [-0.3, -0.25) is 14.6 Å². The van der Waals surface area contributed by atoms with Crippen molar-refractivity contribution in [2.75, 3.05) is 58.9 Å². The molecule has 2 saturated heterocycles. The molecule has 0 bridgehead atoms. The smallest absolute Gasteiger partial charge is 0.236 e. The minimum absolute atomic E-state index is 0.334. The van der Waals surface area contributed by atoms with E-state index in [0.717, 1.165) is 45.3 Å². The molecule has 0 saturated carbocycles. The number of hydrogen-bond donors (Lipinski definition) is 0. The molecular formula is C20H40N4O. The largest absolute Gasteiger partial charge is 0.339 e. The zero-order valence-electron chi connectivity index (χ0n) is 17.0. The van der Waals surface area contributed by atoms with E-state index in [1.54, 1.807) is 0 Å². The first kappa shape index (κ1) is 20.7. The second-order valence-electron chi connectivity index (χ2n) is 8.05. The molecule has 0 radical (unpaired) electrons. The maximum Gasteiger partial charge on any atom is 0.236 e. The summed E-state index contributed by atoms with van der Waals surface area (Å²) in [5.41, 5.74) is 0. The molecule has 0 aromatic heterocycles. The molecule has 2 aliphatic rings. The first-order chi connectivity index (χ1) is 12.0. The van der Waals surface area contributed by atoms with Crippen LogP contribution in [0.4, 0.5) is 0 Å². The number of carbonyl (C=O) groups excluding carboxylic acids is 1. The van der Waals surface area contributed by atoms with Gasteiger partial charge in [0.2, 0.25) is 5.91 Å². The Morgan fingerprint density at radius 1 is 0.960 bits per heavy atom. The summed E-state index contributed by atoms with van der Waals surface area (Å²) in [4.78, 5) is 22.2. The number of amides is 1. The molecule has 5 heteroatoms. The molecule has 0 N–H and O–H groups in total. The van der Waals surface area contributed by atoms with Crippen LogP contribution >= 0.6 is 0 Å². The molecule has 25 heavy (non-hydrogen) atoms. The number of carbonyl (C=O) groups is 1. The van der Waals surface area contributed by atoms with Gasteiger partial charge in [0.25, 0.3) is 0 Å². The predicted octanol–water partition coefficient (Wildman–Crippen LogP) is 2.13. The van der Waals surface area contributed by atoms with Gasteiger partial charge in [-0.25, -0.2) is 0 Å². The van der Waals surface area contributed by atoms with Crippen LogP contribution < -0.4 is 0 Å². The Labute approximate surface area is 155 Å². The molecule has 5 nitrogen and oxygen atoms in total. The lowest BCUT2D eigenvalue weighted by atomic mass is 10.0. The number of piperidine rings is 1. The second-order valence-corrected chi connectivity index (χ2v) is 8.05. The van der Waals surface area contributed by atoms with Gasteiger partial charge in [-0.15, -0.1) is 0 Å². The highest BCUT2D eigenvalue weighted by molar-refractivity contribution is 5.78. The van der Waals surface area contributed by atoms with Gasteiger partial charge in [-0.05, 0) is 52.6 Å². The van der Waals surface area contributed by atoms with E-state index in [0.29, 0.717) is 18.5 Å². The lowest BCUT2D eigenvalue weighted by Gasteiger charge is -2.40. The third kappa shape index (κ3) is 6.22. The summed E-state index contributed by atoms with van der Waals surface area (Å²) in [5.74, 6) is 0.334. The van der Waals surface area contributed by atoms with Crippen molar-refractivity contribution in [2.45, 2.75) is 65.5 Å². The van der Waals surface area contributed by atoms with E-state index in [1.807, 2.05) is 0 Å². The maximum atomic E-state index is 12.6. The first-order valence-corrected chi connectivity index (χ1v) is 10.5. The zero-order chi connectivity index (χ0) is 18.2. The summed E-state index contributed by atoms with van der Waals surface area (Å²) in [6.45, 7) is 18.1. The summed E-state index contributed by atoms with van der Waals surface area (Å²) in [5, 5.41) is 0. The fourth-order valence-electron chi connectivity index (χ4n) is 4.27. The molecule has 2 heterocycles. The molecule has 1 amide bonds. The Hall–Kier alpha value is -0.650. The maximum absolute atomic E-state index is 12.6. The molecular weight excluding hydrogens is 312 g/mol. The summed E-state index contributed by atoms with van der Waals surface area (Å²) >= 11 is 0. The van der Waals surface area contributed by atoms with Crippen LogP contribution in [0.15, 0.2) is 0 Å². The predicted molar refractivity (Wildman–Crippen MR) is 105 cm³/mol. The van der Waals surface area contributed by atoms with E-state index in [-0.39, 0.29) is 0 Å². The monoisotopic (exact) mass is 352 g/mol. The lowest BCUT2D eigenvalue weighted by molar-refractivity contribution is -0.134. The van der Waals surface area contributed by atoms with Crippen LogP contribution in [0.5, 0.6) is 0 Å². The van der Waals surface area contributed by atoms with Gasteiger partial charge in [0.15, 0.2) is 0 Å². The Balaban J connectivity index is 1.71. The van der Waals surface area contributed by atoms with Crippen LogP contribution in [-0.2, 0) is 4.79 Å². The van der Waals surface area contributed by atoms with Crippen LogP contribution in [-0.4, -0.2) is 96.5 Å². The van der Waals surface area contributed by atoms with Crippen molar-refractivity contribution < 1.29 is 4.79 Å². The van der Waals surface area contributed by atoms with E-state index in [9.17, 15) is 4.79 Å². The van der Waals surface area contributed by atoms with E-state index >= 15 is 0 Å². The summed E-state index contributed by atoms with van der Waals surface area (Å²) in [6, 6.07) is 1.31. The van der Waals surface area contributed by atoms with Gasteiger partial charge in [0, 0.05) is 51.4 Å². The van der Waals surface area contributed by atoms with Crippen LogP contribution in [0.3, 0.4) is 0 Å². The van der Waals surface area contributed by atoms with E-state index in [1.165, 1.54) is 38.8 Å². The van der Waals surface area contributed by atoms with Crippen molar-refractivity contribution in [1.82, 2.24) is 19.6 Å². The molecule has 146 valence electrons. The molecule has 0 spiro atoms. The van der Waals surface area contributed by atoms with Crippen LogP contribution in [0.2, 0.25) is 0 Å². The first-order valence-electron chi connectivity index (χ1n) is 10.5. The molecule has 0 atom stereocenters. The highest BCUT2D eigenvalue weighted by atomic mass is 16.2. The summed E-state index contributed by atoms with van der Waals surface area (Å²) in [6.07, 6.45) is 4.91. The van der Waals surface area contributed by atoms with E-state index in [2.05, 4.69) is 47.3 Å². The molecule has 2 aliphatic heterocycles. The molecule has 0 unspecified atom stereocenters. The van der Waals surface area contributed by atoms with Crippen molar-refractivity contribution in [1.29, 1.82) is 0 Å². The normalized spacial score (nSPS) is 21.4. The molecule has 0 aromatic carbocycles. The van der Waals surface area contributed by atoms with Crippen LogP contribution in [0.25, 0.3) is 0 Å². The average molecular weight is 353 g/mol. The SMILES string of the molecule is CCCN(CCC)C1CCN(CC(=O)N2CCN(C(C)C)CC2)CC1. The quantitative estimate of drug-likeness (QED) is 0.669. The van der Waals surface area contributed by atoms with Gasteiger partial charge in [0.05, 0.1) is 6.54 Å². The van der Waals surface area contributed by atoms with E-state index < -0.39 is 0 Å². The van der Waals surface area contributed by atoms with Crippen molar-refractivity contribution in [2.24, 2.45) is 0 Å². The van der Waals surface area contributed by atoms with Crippen LogP contribution in [0, 0.1) is 0 Å². The van der Waals surface area contributed by atoms with Crippen molar-refractivity contribution in [3.63, 3.8) is 0 Å². The Morgan fingerprint density at radius 3 is 2.00 bits per heavy atom. The Bertz CT molecular complexity index is 379. The summed E-state index contributed by atoms with van der Waals surface area (Å²) < 4.78 is 0. The molecule has 0 aliphatic carbocycles. The average Bonchev–Trinajstić information content (AvgIpc) is 2.62. The van der Waals surface area contributed by atoms with E-state index in [4.69, 9.17) is 0 Å². The number of likely N-dealkylation sites (tertiary alicyclic amines) is 1. The molecule has 0 aromatic rings. The number of rotatable bonds is 8. The minimum Gasteiger partial charge on any atom is -0.339 e. The van der Waals surface area contributed by atoms with Crippen molar-refractivity contribution >= 4 is 5.91 Å². The Morgan fingerprint density at radius 2 is 1.52 bits per heavy atom. The number of hydrogen-bond acceptors (Lipinski definition) is 4. The Kier molecular flexibility index (Phi) is 8.67. The van der Waals surface area contributed by atoms with Gasteiger partial charge in [0.1, 0.15) is 0 Å². The second kappa shape index (κ2) is 10.5. The standard InChI is InChI=1S/C20H40N4O/c1-5-9-23(10-6-2)19-7-11-21(12-8-19)17-20(25)24-15-13-22(14-16-24)18(3)4/h18-19H,5-17H2,1-4H3. The zero-order valence-corrected chi connectivity index (χ0v) is 17.0. The molecule has 2 fully saturated rings. The van der Waals surface area contributed by atoms with Gasteiger partial charge in [-0.2, -0.15) is 0 Å².